The van der Waals surface area contributed by atoms with Crippen molar-refractivity contribution in [3.05, 3.63) is 23.4 Å². The van der Waals surface area contributed by atoms with Crippen LogP contribution < -0.4 is 5.32 Å². The lowest BCUT2D eigenvalue weighted by molar-refractivity contribution is -0.308. The summed E-state index contributed by atoms with van der Waals surface area (Å²) in [5, 5.41) is 3.35. The lowest BCUT2D eigenvalue weighted by Gasteiger charge is -2.33. The second-order valence-corrected chi connectivity index (χ2v) is 6.39. The average Bonchev–Trinajstić information content (AvgIpc) is 2.56. The van der Waals surface area contributed by atoms with Crippen molar-refractivity contribution in [1.82, 2.24) is 9.88 Å². The van der Waals surface area contributed by atoms with Crippen molar-refractivity contribution in [1.29, 1.82) is 0 Å². The molecule has 0 atom stereocenters. The Morgan fingerprint density at radius 3 is 2.33 bits per heavy atom. The van der Waals surface area contributed by atoms with Gasteiger partial charge in [0.25, 0.3) is 6.10 Å². The predicted octanol–water partition coefficient (Wildman–Crippen LogP) is 4.49. The molecule has 0 bridgehead atoms. The van der Waals surface area contributed by atoms with Crippen LogP contribution >= 0.6 is 11.6 Å². The lowest BCUT2D eigenvalue weighted by Crippen LogP contribution is -2.49. The van der Waals surface area contributed by atoms with Crippen LogP contribution in [0.2, 0.25) is 5.15 Å². The zero-order valence-corrected chi connectivity index (χ0v) is 14.5. The molecule has 12 heteroatoms. The summed E-state index contributed by atoms with van der Waals surface area (Å²) in [6, 6.07) is 5.01. The lowest BCUT2D eigenvalue weighted by atomic mass is 9.97. The summed E-state index contributed by atoms with van der Waals surface area (Å²) in [4.78, 5) is 16.6. The predicted molar refractivity (Wildman–Crippen MR) is 84.4 cm³/mol. The van der Waals surface area contributed by atoms with Gasteiger partial charge in [0, 0.05) is 19.6 Å². The summed E-state index contributed by atoms with van der Waals surface area (Å²) in [5.41, 5.74) is 0. The fraction of sp³-hybridized carbons (Fsp3) is 0.600. The first-order valence-corrected chi connectivity index (χ1v) is 8.30. The van der Waals surface area contributed by atoms with Gasteiger partial charge in [0.1, 0.15) is 11.0 Å². The molecule has 0 spiro atoms. The summed E-state index contributed by atoms with van der Waals surface area (Å²) >= 11 is 5.76. The van der Waals surface area contributed by atoms with E-state index in [4.69, 9.17) is 11.6 Å². The number of nitrogens with one attached hydrogen (secondary N) is 1. The van der Waals surface area contributed by atoms with Gasteiger partial charge in [-0.05, 0) is 30.9 Å². The number of aromatic nitrogens is 1. The molecule has 152 valence electrons. The number of carbonyl (C=O) groups is 1. The zero-order valence-electron chi connectivity index (χ0n) is 13.8. The molecular formula is C15H16ClF6N3O2. The molecule has 1 aromatic heterocycles. The van der Waals surface area contributed by atoms with Crippen LogP contribution in [-0.4, -0.2) is 54.1 Å². The Morgan fingerprint density at radius 1 is 1.22 bits per heavy atom. The van der Waals surface area contributed by atoms with Gasteiger partial charge in [-0.25, -0.2) is 9.78 Å². The van der Waals surface area contributed by atoms with E-state index >= 15 is 0 Å². The normalized spacial score (nSPS) is 16.5. The SMILES string of the molecule is O=C(OC(C(F)(F)F)C(F)(F)F)N1CCC(CNc2cccc(Cl)n2)CC1. The highest BCUT2D eigenvalue weighted by Crippen LogP contribution is 2.36. The summed E-state index contributed by atoms with van der Waals surface area (Å²) in [5.74, 6) is 0.610. The maximum absolute atomic E-state index is 12.5. The number of hydrogen-bond acceptors (Lipinski definition) is 4. The third kappa shape index (κ3) is 6.33. The molecular weight excluding hydrogens is 404 g/mol. The highest BCUT2D eigenvalue weighted by molar-refractivity contribution is 6.29. The van der Waals surface area contributed by atoms with E-state index in [-0.39, 0.29) is 19.0 Å². The molecule has 0 saturated carbocycles. The third-order valence-corrected chi connectivity index (χ3v) is 4.18. The Kier molecular flexibility index (Phi) is 6.66. The number of carbonyl (C=O) groups excluding carboxylic acids is 1. The zero-order chi connectivity index (χ0) is 20.2. The molecule has 2 heterocycles. The van der Waals surface area contributed by atoms with E-state index in [9.17, 15) is 31.1 Å². The van der Waals surface area contributed by atoms with Gasteiger partial charge in [0.05, 0.1) is 0 Å². The van der Waals surface area contributed by atoms with Gasteiger partial charge in [0.2, 0.25) is 0 Å². The Hall–Kier alpha value is -1.91. The number of hydrogen-bond donors (Lipinski definition) is 1. The van der Waals surface area contributed by atoms with Crippen LogP contribution in [-0.2, 0) is 4.74 Å². The first kappa shape index (κ1) is 21.4. The monoisotopic (exact) mass is 419 g/mol. The topological polar surface area (TPSA) is 54.5 Å². The highest BCUT2D eigenvalue weighted by atomic mass is 35.5. The second kappa shape index (κ2) is 8.41. The van der Waals surface area contributed by atoms with Crippen molar-refractivity contribution in [3.8, 4) is 0 Å². The van der Waals surface area contributed by atoms with Gasteiger partial charge in [-0.2, -0.15) is 26.3 Å². The van der Waals surface area contributed by atoms with E-state index in [0.29, 0.717) is 30.4 Å². The van der Waals surface area contributed by atoms with E-state index in [1.165, 1.54) is 0 Å². The standard InChI is InChI=1S/C15H16ClF6N3O2/c16-10-2-1-3-11(24-10)23-8-9-4-6-25(7-5-9)13(26)27-12(14(17,18)19)15(20,21)22/h1-3,9,12H,4-8H2,(H,23,24). The molecule has 1 N–H and O–H groups in total. The van der Waals surface area contributed by atoms with E-state index in [1.807, 2.05) is 0 Å². The number of alkyl halides is 6. The summed E-state index contributed by atoms with van der Waals surface area (Å²) < 4.78 is 78.4. The molecule has 0 aromatic carbocycles. The molecule has 1 aliphatic rings. The first-order chi connectivity index (χ1) is 12.5. The molecule has 1 aliphatic heterocycles. The van der Waals surface area contributed by atoms with Crippen LogP contribution in [0.4, 0.5) is 37.0 Å². The van der Waals surface area contributed by atoms with Gasteiger partial charge in [-0.3, -0.25) is 0 Å². The van der Waals surface area contributed by atoms with Gasteiger partial charge in [-0.15, -0.1) is 0 Å². The largest absolute Gasteiger partial charge is 0.434 e. The van der Waals surface area contributed by atoms with E-state index in [2.05, 4.69) is 15.0 Å². The van der Waals surface area contributed by atoms with Crippen LogP contribution in [0.3, 0.4) is 0 Å². The molecule has 1 fully saturated rings. The summed E-state index contributed by atoms with van der Waals surface area (Å²) in [6.07, 6.45) is -16.4. The van der Waals surface area contributed by atoms with Crippen molar-refractivity contribution in [2.24, 2.45) is 5.92 Å². The Balaban J connectivity index is 1.83. The molecule has 0 unspecified atom stereocenters. The number of nitrogens with zero attached hydrogens (tertiary/aromatic N) is 2. The number of piperidine rings is 1. The second-order valence-electron chi connectivity index (χ2n) is 6.00. The Bertz CT molecular complexity index is 633. The number of amides is 1. The Morgan fingerprint density at radius 2 is 1.81 bits per heavy atom. The quantitative estimate of drug-likeness (QED) is 0.577. The third-order valence-electron chi connectivity index (χ3n) is 3.97. The fourth-order valence-corrected chi connectivity index (χ4v) is 2.73. The van der Waals surface area contributed by atoms with Gasteiger partial charge in [-0.1, -0.05) is 17.7 Å². The Labute approximate surface area is 155 Å². The van der Waals surface area contributed by atoms with Crippen LogP contribution in [0, 0.1) is 5.92 Å². The van der Waals surface area contributed by atoms with Crippen molar-refractivity contribution in [2.75, 3.05) is 25.0 Å². The number of likely N-dealkylation sites (tertiary alicyclic amines) is 1. The fourth-order valence-electron chi connectivity index (χ4n) is 2.57. The average molecular weight is 420 g/mol. The molecule has 1 amide bonds. The summed E-state index contributed by atoms with van der Waals surface area (Å²) in [6.45, 7) is 0.469. The summed E-state index contributed by atoms with van der Waals surface area (Å²) in [7, 11) is 0. The smallest absolute Gasteiger partial charge is 0.426 e. The maximum atomic E-state index is 12.5. The minimum atomic E-state index is -5.72. The van der Waals surface area contributed by atoms with Crippen molar-refractivity contribution >= 4 is 23.5 Å². The minimum absolute atomic E-state index is 0.00338. The van der Waals surface area contributed by atoms with Crippen LogP contribution in [0.25, 0.3) is 0 Å². The number of anilines is 1. The van der Waals surface area contributed by atoms with E-state index < -0.39 is 24.5 Å². The maximum Gasteiger partial charge on any atom is 0.434 e. The minimum Gasteiger partial charge on any atom is -0.426 e. The number of rotatable bonds is 4. The molecule has 27 heavy (non-hydrogen) atoms. The number of pyridine rings is 1. The van der Waals surface area contributed by atoms with Gasteiger partial charge >= 0.3 is 18.4 Å². The molecule has 5 nitrogen and oxygen atoms in total. The van der Waals surface area contributed by atoms with Crippen molar-refractivity contribution in [2.45, 2.75) is 31.3 Å². The number of halogens is 7. The number of ether oxygens (including phenoxy) is 1. The van der Waals surface area contributed by atoms with Gasteiger partial charge < -0.3 is 15.0 Å². The van der Waals surface area contributed by atoms with Crippen LogP contribution in [0.5, 0.6) is 0 Å². The van der Waals surface area contributed by atoms with Crippen LogP contribution in [0.15, 0.2) is 18.2 Å². The first-order valence-electron chi connectivity index (χ1n) is 7.92. The molecule has 0 radical (unpaired) electrons. The van der Waals surface area contributed by atoms with E-state index in [1.54, 1.807) is 18.2 Å². The highest BCUT2D eigenvalue weighted by Gasteiger charge is 2.60. The molecule has 2 rings (SSSR count). The van der Waals surface area contributed by atoms with Gasteiger partial charge in [0.15, 0.2) is 0 Å². The van der Waals surface area contributed by atoms with E-state index in [0.717, 1.165) is 4.90 Å². The molecule has 1 aromatic rings. The van der Waals surface area contributed by atoms with Crippen molar-refractivity contribution in [3.63, 3.8) is 0 Å². The van der Waals surface area contributed by atoms with Crippen LogP contribution in [0.1, 0.15) is 12.8 Å². The molecule has 1 saturated heterocycles. The molecule has 0 aliphatic carbocycles. The van der Waals surface area contributed by atoms with Crippen molar-refractivity contribution < 1.29 is 35.9 Å².